The summed E-state index contributed by atoms with van der Waals surface area (Å²) in [6.45, 7) is 0. The summed E-state index contributed by atoms with van der Waals surface area (Å²) >= 11 is 0. The minimum atomic E-state index is -0.930. The van der Waals surface area contributed by atoms with Gasteiger partial charge in [0, 0.05) is 17.4 Å². The number of aromatic hydroxyl groups is 1. The van der Waals surface area contributed by atoms with Crippen LogP contribution in [0.15, 0.2) is 63.1 Å². The molecule has 0 radical (unpaired) electrons. The van der Waals surface area contributed by atoms with E-state index in [0.717, 1.165) is 21.9 Å². The largest absolute Gasteiger partial charge is 0.494 e. The fourth-order valence-corrected chi connectivity index (χ4v) is 2.83. The highest BCUT2D eigenvalue weighted by molar-refractivity contribution is 6.21. The summed E-state index contributed by atoms with van der Waals surface area (Å²) in [4.78, 5) is 30.7. The molecular weight excluding hydrogens is 337 g/mol. The van der Waals surface area contributed by atoms with Crippen LogP contribution >= 0.6 is 0 Å². The second-order valence-corrected chi connectivity index (χ2v) is 5.66. The molecule has 2 heterocycles. The molecule has 0 saturated carbocycles. The molecule has 6 nitrogen and oxygen atoms in total. The maximum absolute atomic E-state index is 14.1. The molecule has 2 N–H and O–H groups in total. The molecule has 26 heavy (non-hydrogen) atoms. The van der Waals surface area contributed by atoms with E-state index in [9.17, 15) is 19.1 Å². The number of rotatable bonds is 2. The van der Waals surface area contributed by atoms with Gasteiger partial charge >= 0.3 is 5.69 Å². The highest BCUT2D eigenvalue weighted by atomic mass is 19.1. The van der Waals surface area contributed by atoms with Gasteiger partial charge in [-0.25, -0.2) is 13.8 Å². The molecule has 0 saturated heterocycles. The Morgan fingerprint density at radius 1 is 1.08 bits per heavy atom. The standard InChI is InChI=1S/C19H12FN3O3/c20-14-6-2-4-8-16(14)23-18(25)13(17(24)22-19(23)26)9-11-10-21-15-7-3-1-5-12(11)15/h1-10,25H,(H,22,24,26)/b11-9-. The van der Waals surface area contributed by atoms with Crippen LogP contribution in [0.3, 0.4) is 0 Å². The highest BCUT2D eigenvalue weighted by Gasteiger charge is 2.18. The molecule has 7 heteroatoms. The Balaban J connectivity index is 1.95. The number of para-hydroxylation sites is 2. The number of benzene rings is 2. The molecule has 0 aliphatic carbocycles. The van der Waals surface area contributed by atoms with Gasteiger partial charge in [-0.1, -0.05) is 30.3 Å². The lowest BCUT2D eigenvalue weighted by Crippen LogP contribution is -2.30. The number of H-pyrrole nitrogens is 1. The average molecular weight is 349 g/mol. The summed E-state index contributed by atoms with van der Waals surface area (Å²) in [7, 11) is 0. The van der Waals surface area contributed by atoms with Gasteiger partial charge in [0.2, 0.25) is 5.88 Å². The lowest BCUT2D eigenvalue weighted by molar-refractivity contribution is 0.426. The molecule has 1 aliphatic rings. The van der Waals surface area contributed by atoms with E-state index in [1.807, 2.05) is 24.3 Å². The van der Waals surface area contributed by atoms with Crippen LogP contribution < -0.4 is 11.2 Å². The van der Waals surface area contributed by atoms with Crippen molar-refractivity contribution in [1.82, 2.24) is 9.55 Å². The maximum atomic E-state index is 14.1. The quantitative estimate of drug-likeness (QED) is 0.745. The van der Waals surface area contributed by atoms with Gasteiger partial charge in [0.25, 0.3) is 5.56 Å². The van der Waals surface area contributed by atoms with Crippen molar-refractivity contribution in [2.45, 2.75) is 0 Å². The third kappa shape index (κ3) is 2.46. The van der Waals surface area contributed by atoms with E-state index in [2.05, 4.69) is 9.98 Å². The van der Waals surface area contributed by atoms with Gasteiger partial charge in [0.1, 0.15) is 11.4 Å². The molecule has 0 atom stereocenters. The number of aromatic nitrogens is 2. The number of fused-ring (bicyclic) bond motifs is 1. The van der Waals surface area contributed by atoms with Crippen molar-refractivity contribution in [3.8, 4) is 11.6 Å². The van der Waals surface area contributed by atoms with Gasteiger partial charge in [-0.3, -0.25) is 14.8 Å². The van der Waals surface area contributed by atoms with E-state index in [-0.39, 0.29) is 11.3 Å². The third-order valence-corrected chi connectivity index (χ3v) is 4.07. The van der Waals surface area contributed by atoms with Crippen LogP contribution in [0.25, 0.3) is 17.3 Å². The minimum absolute atomic E-state index is 0.161. The predicted octanol–water partition coefficient (Wildman–Crippen LogP) is 2.63. The van der Waals surface area contributed by atoms with Crippen LogP contribution in [0.5, 0.6) is 5.88 Å². The molecule has 1 aromatic heterocycles. The normalized spacial score (nSPS) is 14.0. The van der Waals surface area contributed by atoms with E-state index in [1.54, 1.807) is 6.21 Å². The number of nitrogens with one attached hydrogen (secondary N) is 1. The van der Waals surface area contributed by atoms with E-state index in [0.29, 0.717) is 5.57 Å². The molecule has 0 amide bonds. The summed E-state index contributed by atoms with van der Waals surface area (Å²) < 4.78 is 14.8. The van der Waals surface area contributed by atoms with E-state index >= 15 is 0 Å². The average Bonchev–Trinajstić information content (AvgIpc) is 3.03. The topological polar surface area (TPSA) is 87.5 Å². The minimum Gasteiger partial charge on any atom is -0.494 e. The molecule has 3 aromatic rings. The van der Waals surface area contributed by atoms with Gasteiger partial charge in [-0.2, -0.15) is 0 Å². The lowest BCUT2D eigenvalue weighted by atomic mass is 10.1. The Bertz CT molecular complexity index is 1210. The first kappa shape index (κ1) is 15.8. The van der Waals surface area contributed by atoms with E-state index in [4.69, 9.17) is 0 Å². The van der Waals surface area contributed by atoms with Gasteiger partial charge < -0.3 is 5.11 Å². The second-order valence-electron chi connectivity index (χ2n) is 5.66. The second kappa shape index (κ2) is 5.96. The first-order chi connectivity index (χ1) is 12.6. The van der Waals surface area contributed by atoms with Gasteiger partial charge in [0.05, 0.1) is 11.4 Å². The van der Waals surface area contributed by atoms with Crippen molar-refractivity contribution in [3.63, 3.8) is 0 Å². The third-order valence-electron chi connectivity index (χ3n) is 4.07. The lowest BCUT2D eigenvalue weighted by Gasteiger charge is -2.10. The Labute approximate surface area is 146 Å². The van der Waals surface area contributed by atoms with E-state index < -0.39 is 22.9 Å². The molecule has 0 bridgehead atoms. The number of aliphatic imine (C=N–C) groups is 1. The Hall–Kier alpha value is -3.74. The first-order valence-corrected chi connectivity index (χ1v) is 7.74. The van der Waals surface area contributed by atoms with Crippen LogP contribution in [0.2, 0.25) is 0 Å². The number of halogens is 1. The Kier molecular flexibility index (Phi) is 3.62. The number of aromatic amines is 1. The summed E-state index contributed by atoms with van der Waals surface area (Å²) in [5.41, 5.74) is 0.0928. The van der Waals surface area contributed by atoms with Crippen LogP contribution in [0.1, 0.15) is 11.1 Å². The van der Waals surface area contributed by atoms with Gasteiger partial charge in [0.15, 0.2) is 0 Å². The summed E-state index contributed by atoms with van der Waals surface area (Å²) in [6.07, 6.45) is 2.97. The smallest absolute Gasteiger partial charge is 0.335 e. The number of nitrogens with zero attached hydrogens (tertiary/aromatic N) is 2. The summed E-state index contributed by atoms with van der Waals surface area (Å²) in [5.74, 6) is -1.35. The summed E-state index contributed by atoms with van der Waals surface area (Å²) in [6, 6.07) is 12.8. The SMILES string of the molecule is O=c1[nH]c(=O)n(-c2ccccc2F)c(O)c1/C=C1/C=Nc2ccccc21. The zero-order chi connectivity index (χ0) is 18.3. The van der Waals surface area contributed by atoms with Crippen molar-refractivity contribution < 1.29 is 9.50 Å². The fourth-order valence-electron chi connectivity index (χ4n) is 2.83. The zero-order valence-electron chi connectivity index (χ0n) is 13.3. The molecule has 128 valence electrons. The predicted molar refractivity (Wildman–Crippen MR) is 96.7 cm³/mol. The van der Waals surface area contributed by atoms with Crippen molar-refractivity contribution >= 4 is 23.6 Å². The van der Waals surface area contributed by atoms with Crippen LogP contribution in [0.4, 0.5) is 10.1 Å². The molecule has 1 aliphatic heterocycles. The number of allylic oxidation sites excluding steroid dienone is 1. The molecule has 0 spiro atoms. The molecular formula is C19H12FN3O3. The number of hydrogen-bond acceptors (Lipinski definition) is 4. The van der Waals surface area contributed by atoms with Crippen LogP contribution in [-0.4, -0.2) is 20.9 Å². The Morgan fingerprint density at radius 2 is 1.81 bits per heavy atom. The molecule has 0 fully saturated rings. The van der Waals surface area contributed by atoms with Crippen molar-refractivity contribution in [3.05, 3.63) is 86.3 Å². The van der Waals surface area contributed by atoms with E-state index in [1.165, 1.54) is 24.3 Å². The maximum Gasteiger partial charge on any atom is 0.335 e. The van der Waals surface area contributed by atoms with Gasteiger partial charge in [-0.15, -0.1) is 0 Å². The summed E-state index contributed by atoms with van der Waals surface area (Å²) in [5, 5.41) is 10.5. The fraction of sp³-hybridized carbons (Fsp3) is 0. The molecule has 2 aromatic carbocycles. The monoisotopic (exact) mass is 349 g/mol. The van der Waals surface area contributed by atoms with Crippen LogP contribution in [0, 0.1) is 5.82 Å². The van der Waals surface area contributed by atoms with Crippen LogP contribution in [-0.2, 0) is 0 Å². The molecule has 4 rings (SSSR count). The first-order valence-electron chi connectivity index (χ1n) is 7.74. The molecule has 0 unspecified atom stereocenters. The number of hydrogen-bond donors (Lipinski definition) is 2. The van der Waals surface area contributed by atoms with Crippen molar-refractivity contribution in [1.29, 1.82) is 0 Å². The van der Waals surface area contributed by atoms with Crippen molar-refractivity contribution in [2.24, 2.45) is 4.99 Å². The highest BCUT2D eigenvalue weighted by Crippen LogP contribution is 2.32. The zero-order valence-corrected chi connectivity index (χ0v) is 13.3. The van der Waals surface area contributed by atoms with Crippen molar-refractivity contribution in [2.75, 3.05) is 0 Å². The Morgan fingerprint density at radius 3 is 2.62 bits per heavy atom. The van der Waals surface area contributed by atoms with Gasteiger partial charge in [-0.05, 0) is 24.3 Å².